The van der Waals surface area contributed by atoms with Gasteiger partial charge >= 0.3 is 0 Å². The first kappa shape index (κ1) is 14.6. The minimum atomic E-state index is 0.534. The van der Waals surface area contributed by atoms with Gasteiger partial charge in [-0.25, -0.2) is 0 Å². The standard InChI is InChI=1S/C16H23N3O/c1-5-8-17-16-9-12(11-20-4)18-15-7-6-13(19(2)3)10-14(15)16/h6-7,9-10H,5,8,11H2,1-4H3,(H,17,18). The zero-order chi connectivity index (χ0) is 14.5. The Morgan fingerprint density at radius 1 is 1.25 bits per heavy atom. The van der Waals surface area contributed by atoms with Crippen molar-refractivity contribution in [3.8, 4) is 0 Å². The molecule has 0 aliphatic rings. The molecule has 4 heteroatoms. The van der Waals surface area contributed by atoms with Crippen LogP contribution in [-0.4, -0.2) is 32.7 Å². The van der Waals surface area contributed by atoms with Crippen molar-refractivity contribution in [1.29, 1.82) is 0 Å². The summed E-state index contributed by atoms with van der Waals surface area (Å²) in [5, 5.41) is 4.65. The lowest BCUT2D eigenvalue weighted by molar-refractivity contribution is 0.182. The maximum Gasteiger partial charge on any atom is 0.0885 e. The van der Waals surface area contributed by atoms with Gasteiger partial charge in [0, 0.05) is 44.5 Å². The summed E-state index contributed by atoms with van der Waals surface area (Å²) in [5.41, 5.74) is 4.27. The topological polar surface area (TPSA) is 37.4 Å². The zero-order valence-electron chi connectivity index (χ0n) is 12.7. The molecule has 2 rings (SSSR count). The Kier molecular flexibility index (Phi) is 4.79. The molecule has 1 aromatic carbocycles. The summed E-state index contributed by atoms with van der Waals surface area (Å²) in [6.07, 6.45) is 1.09. The largest absolute Gasteiger partial charge is 0.384 e. The number of hydrogen-bond acceptors (Lipinski definition) is 4. The predicted octanol–water partition coefficient (Wildman–Crippen LogP) is 3.27. The number of pyridine rings is 1. The van der Waals surface area contributed by atoms with Crippen LogP contribution in [0.15, 0.2) is 24.3 Å². The summed E-state index contributed by atoms with van der Waals surface area (Å²) >= 11 is 0. The molecule has 1 aromatic heterocycles. The number of nitrogens with zero attached hydrogens (tertiary/aromatic N) is 2. The van der Waals surface area contributed by atoms with Crippen molar-refractivity contribution >= 4 is 22.3 Å². The van der Waals surface area contributed by atoms with Gasteiger partial charge in [-0.3, -0.25) is 4.98 Å². The normalized spacial score (nSPS) is 10.8. The van der Waals surface area contributed by atoms with Crippen LogP contribution in [0.5, 0.6) is 0 Å². The molecule has 108 valence electrons. The van der Waals surface area contributed by atoms with Crippen molar-refractivity contribution in [2.75, 3.05) is 38.0 Å². The Balaban J connectivity index is 2.52. The predicted molar refractivity (Wildman–Crippen MR) is 85.6 cm³/mol. The van der Waals surface area contributed by atoms with E-state index >= 15 is 0 Å². The van der Waals surface area contributed by atoms with E-state index in [1.54, 1.807) is 7.11 Å². The second-order valence-electron chi connectivity index (χ2n) is 5.12. The van der Waals surface area contributed by atoms with Gasteiger partial charge in [-0.1, -0.05) is 6.92 Å². The Morgan fingerprint density at radius 2 is 2.05 bits per heavy atom. The highest BCUT2D eigenvalue weighted by atomic mass is 16.5. The molecule has 0 atom stereocenters. The van der Waals surface area contributed by atoms with Crippen LogP contribution in [0.3, 0.4) is 0 Å². The van der Waals surface area contributed by atoms with Crippen molar-refractivity contribution < 1.29 is 4.74 Å². The van der Waals surface area contributed by atoms with Crippen LogP contribution in [0.4, 0.5) is 11.4 Å². The highest BCUT2D eigenvalue weighted by Gasteiger charge is 2.07. The molecule has 4 nitrogen and oxygen atoms in total. The number of ether oxygens (including phenoxy) is 1. The number of rotatable bonds is 6. The zero-order valence-corrected chi connectivity index (χ0v) is 12.7. The van der Waals surface area contributed by atoms with Crippen molar-refractivity contribution in [3.05, 3.63) is 30.0 Å². The maximum atomic E-state index is 5.20. The number of benzene rings is 1. The highest BCUT2D eigenvalue weighted by Crippen LogP contribution is 2.27. The Bertz CT molecular complexity index is 581. The lowest BCUT2D eigenvalue weighted by Crippen LogP contribution is -2.09. The van der Waals surface area contributed by atoms with Crippen molar-refractivity contribution in [3.63, 3.8) is 0 Å². The van der Waals surface area contributed by atoms with Gasteiger partial charge < -0.3 is 15.0 Å². The summed E-state index contributed by atoms with van der Waals surface area (Å²) in [6, 6.07) is 8.42. The lowest BCUT2D eigenvalue weighted by Gasteiger charge is -2.16. The number of anilines is 2. The molecule has 0 aliphatic carbocycles. The average Bonchev–Trinajstić information content (AvgIpc) is 2.44. The third-order valence-electron chi connectivity index (χ3n) is 3.22. The van der Waals surface area contributed by atoms with Crippen molar-refractivity contribution in [1.82, 2.24) is 4.98 Å². The van der Waals surface area contributed by atoms with Crippen LogP contribution in [0.1, 0.15) is 19.0 Å². The smallest absolute Gasteiger partial charge is 0.0885 e. The van der Waals surface area contributed by atoms with Gasteiger partial charge in [0.2, 0.25) is 0 Å². The van der Waals surface area contributed by atoms with Gasteiger partial charge in [-0.15, -0.1) is 0 Å². The van der Waals surface area contributed by atoms with E-state index in [4.69, 9.17) is 4.74 Å². The van der Waals surface area contributed by atoms with E-state index < -0.39 is 0 Å². The van der Waals surface area contributed by atoms with Gasteiger partial charge in [0.1, 0.15) is 0 Å². The lowest BCUT2D eigenvalue weighted by atomic mass is 10.1. The Labute approximate surface area is 120 Å². The maximum absolute atomic E-state index is 5.20. The fourth-order valence-corrected chi connectivity index (χ4v) is 2.17. The molecule has 0 fully saturated rings. The summed E-state index contributed by atoms with van der Waals surface area (Å²) in [7, 11) is 5.79. The second-order valence-corrected chi connectivity index (χ2v) is 5.12. The van der Waals surface area contributed by atoms with Crippen molar-refractivity contribution in [2.45, 2.75) is 20.0 Å². The molecule has 2 aromatic rings. The number of nitrogens with one attached hydrogen (secondary N) is 1. The summed E-state index contributed by atoms with van der Waals surface area (Å²) in [6.45, 7) is 3.65. The van der Waals surface area contributed by atoms with Gasteiger partial charge in [0.25, 0.3) is 0 Å². The van der Waals surface area contributed by atoms with E-state index in [1.807, 2.05) is 14.1 Å². The van der Waals surface area contributed by atoms with Crippen molar-refractivity contribution in [2.24, 2.45) is 0 Å². The molecular formula is C16H23N3O. The first-order valence-corrected chi connectivity index (χ1v) is 6.99. The molecule has 1 N–H and O–H groups in total. The minimum absolute atomic E-state index is 0.534. The van der Waals surface area contributed by atoms with Gasteiger partial charge in [-0.2, -0.15) is 0 Å². The van der Waals surface area contributed by atoms with Gasteiger partial charge in [-0.05, 0) is 30.7 Å². The van der Waals surface area contributed by atoms with E-state index in [-0.39, 0.29) is 0 Å². The second kappa shape index (κ2) is 6.57. The third kappa shape index (κ3) is 3.20. The number of fused-ring (bicyclic) bond motifs is 1. The fourth-order valence-electron chi connectivity index (χ4n) is 2.17. The monoisotopic (exact) mass is 273 g/mol. The first-order chi connectivity index (χ1) is 9.65. The molecule has 0 spiro atoms. The number of aromatic nitrogens is 1. The summed E-state index contributed by atoms with van der Waals surface area (Å²) in [4.78, 5) is 6.75. The van der Waals surface area contributed by atoms with Gasteiger partial charge in [0.05, 0.1) is 17.8 Å². The van der Waals surface area contributed by atoms with E-state index in [2.05, 4.69) is 46.4 Å². The minimum Gasteiger partial charge on any atom is -0.384 e. The molecule has 0 aliphatic heterocycles. The van der Waals surface area contributed by atoms with Crippen LogP contribution >= 0.6 is 0 Å². The van der Waals surface area contributed by atoms with Crippen LogP contribution < -0.4 is 10.2 Å². The molecular weight excluding hydrogens is 250 g/mol. The molecule has 0 bridgehead atoms. The molecule has 0 unspecified atom stereocenters. The number of methoxy groups -OCH3 is 1. The van der Waals surface area contributed by atoms with E-state index in [0.717, 1.165) is 35.2 Å². The summed E-state index contributed by atoms with van der Waals surface area (Å²) in [5.74, 6) is 0. The third-order valence-corrected chi connectivity index (χ3v) is 3.22. The van der Waals surface area contributed by atoms with Crippen LogP contribution in [0, 0.1) is 0 Å². The molecule has 0 amide bonds. The Morgan fingerprint density at radius 3 is 2.70 bits per heavy atom. The fraction of sp³-hybridized carbons (Fsp3) is 0.438. The average molecular weight is 273 g/mol. The summed E-state index contributed by atoms with van der Waals surface area (Å²) < 4.78 is 5.20. The molecule has 1 heterocycles. The van der Waals surface area contributed by atoms with Crippen LogP contribution in [0.25, 0.3) is 10.9 Å². The number of hydrogen-bond donors (Lipinski definition) is 1. The van der Waals surface area contributed by atoms with Gasteiger partial charge in [0.15, 0.2) is 0 Å². The van der Waals surface area contributed by atoms with E-state index in [0.29, 0.717) is 6.61 Å². The molecule has 0 radical (unpaired) electrons. The SMILES string of the molecule is CCCNc1cc(COC)nc2ccc(N(C)C)cc12. The first-order valence-electron chi connectivity index (χ1n) is 6.99. The molecule has 0 saturated heterocycles. The van der Waals surface area contributed by atoms with E-state index in [1.165, 1.54) is 5.69 Å². The highest BCUT2D eigenvalue weighted by molar-refractivity contribution is 5.93. The van der Waals surface area contributed by atoms with E-state index in [9.17, 15) is 0 Å². The quantitative estimate of drug-likeness (QED) is 0.876. The molecule has 20 heavy (non-hydrogen) atoms. The molecule has 0 saturated carbocycles. The Hall–Kier alpha value is -1.81. The van der Waals surface area contributed by atoms with Crippen LogP contribution in [-0.2, 0) is 11.3 Å². The van der Waals surface area contributed by atoms with Crippen LogP contribution in [0.2, 0.25) is 0 Å².